The number of hydrogen-bond donors (Lipinski definition) is 1. The van der Waals surface area contributed by atoms with Gasteiger partial charge in [-0.25, -0.2) is 9.48 Å². The number of carbonyl (C=O) groups is 1. The normalized spacial score (nSPS) is 18.3. The summed E-state index contributed by atoms with van der Waals surface area (Å²) in [4.78, 5) is 11.4. The molecule has 1 aliphatic heterocycles. The summed E-state index contributed by atoms with van der Waals surface area (Å²) in [5.41, 5.74) is 2.56. The van der Waals surface area contributed by atoms with E-state index >= 15 is 0 Å². The maximum absolute atomic E-state index is 11.4. The zero-order valence-electron chi connectivity index (χ0n) is 13.6. The topological polar surface area (TPSA) is 77.2 Å². The average molecular weight is 315 g/mol. The zero-order valence-corrected chi connectivity index (χ0v) is 13.6. The largest absolute Gasteiger partial charge is 0.476 e. The predicted molar refractivity (Wildman–Crippen MR) is 84.9 cm³/mol. The van der Waals surface area contributed by atoms with E-state index in [4.69, 9.17) is 4.74 Å². The van der Waals surface area contributed by atoms with Gasteiger partial charge in [0.15, 0.2) is 5.69 Å². The molecule has 1 fully saturated rings. The van der Waals surface area contributed by atoms with E-state index < -0.39 is 5.97 Å². The van der Waals surface area contributed by atoms with Gasteiger partial charge in [0.05, 0.1) is 5.69 Å². The van der Waals surface area contributed by atoms with Crippen molar-refractivity contribution in [2.45, 2.75) is 45.1 Å². The number of ether oxygens (including phenoxy) is 1. The summed E-state index contributed by atoms with van der Waals surface area (Å²) >= 11 is 0. The van der Waals surface area contributed by atoms with Crippen LogP contribution < -0.4 is 0 Å². The van der Waals surface area contributed by atoms with Gasteiger partial charge < -0.3 is 9.84 Å². The second kappa shape index (κ2) is 5.77. The summed E-state index contributed by atoms with van der Waals surface area (Å²) in [6.07, 6.45) is 1.43. The van der Waals surface area contributed by atoms with Crippen molar-refractivity contribution < 1.29 is 14.6 Å². The molecule has 3 rings (SSSR count). The highest BCUT2D eigenvalue weighted by Gasteiger charge is 2.30. The number of carboxylic acid groups (broad SMARTS) is 1. The summed E-state index contributed by atoms with van der Waals surface area (Å²) < 4.78 is 7.25. The molecule has 2 aromatic rings. The highest BCUT2D eigenvalue weighted by Crippen LogP contribution is 2.32. The molecule has 6 heteroatoms. The molecule has 23 heavy (non-hydrogen) atoms. The Hall–Kier alpha value is -2.21. The molecule has 1 aromatic carbocycles. The molecule has 0 bridgehead atoms. The Bertz CT molecular complexity index is 708. The van der Waals surface area contributed by atoms with Crippen molar-refractivity contribution >= 4 is 5.97 Å². The summed E-state index contributed by atoms with van der Waals surface area (Å²) in [7, 11) is 0. The standard InChI is InChI=1S/C17H21N3O3/c1-17(2,3)11-6-8-12(9-7-11)20-15(13-5-4-10-23-13)14(16(21)22)18-19-20/h6-9,13H,4-5,10H2,1-3H3,(H,21,22). The minimum atomic E-state index is -1.08. The Morgan fingerprint density at radius 1 is 1.30 bits per heavy atom. The fourth-order valence-corrected chi connectivity index (χ4v) is 2.82. The van der Waals surface area contributed by atoms with E-state index in [1.807, 2.05) is 24.3 Å². The number of rotatable bonds is 3. The molecule has 1 saturated heterocycles. The van der Waals surface area contributed by atoms with Gasteiger partial charge in [-0.3, -0.25) is 0 Å². The van der Waals surface area contributed by atoms with Gasteiger partial charge in [0.2, 0.25) is 0 Å². The van der Waals surface area contributed by atoms with Gasteiger partial charge >= 0.3 is 5.97 Å². The van der Waals surface area contributed by atoms with Crippen molar-refractivity contribution in [2.24, 2.45) is 0 Å². The minimum Gasteiger partial charge on any atom is -0.476 e. The number of nitrogens with zero attached hydrogens (tertiary/aromatic N) is 3. The molecule has 1 aromatic heterocycles. The number of aromatic carboxylic acids is 1. The van der Waals surface area contributed by atoms with Crippen LogP contribution in [0.2, 0.25) is 0 Å². The smallest absolute Gasteiger partial charge is 0.358 e. The summed E-state index contributed by atoms with van der Waals surface area (Å²) in [5, 5.41) is 17.3. The van der Waals surface area contributed by atoms with E-state index in [0.717, 1.165) is 18.5 Å². The van der Waals surface area contributed by atoms with Crippen molar-refractivity contribution in [3.8, 4) is 5.69 Å². The minimum absolute atomic E-state index is 0.0307. The van der Waals surface area contributed by atoms with Crippen LogP contribution in [0, 0.1) is 0 Å². The van der Waals surface area contributed by atoms with Crippen LogP contribution in [-0.4, -0.2) is 32.7 Å². The molecule has 0 saturated carbocycles. The van der Waals surface area contributed by atoms with Gasteiger partial charge in [-0.2, -0.15) is 0 Å². The van der Waals surface area contributed by atoms with Crippen LogP contribution in [0.25, 0.3) is 5.69 Å². The average Bonchev–Trinajstić information content (AvgIpc) is 3.15. The van der Waals surface area contributed by atoms with Gasteiger partial charge in [-0.15, -0.1) is 5.10 Å². The summed E-state index contributed by atoms with van der Waals surface area (Å²) in [5.74, 6) is -1.08. The van der Waals surface area contributed by atoms with E-state index in [1.165, 1.54) is 5.56 Å². The Kier molecular flexibility index (Phi) is 3.93. The van der Waals surface area contributed by atoms with Gasteiger partial charge in [-0.05, 0) is 36.0 Å². The SMILES string of the molecule is CC(C)(C)c1ccc(-n2nnc(C(=O)O)c2C2CCCO2)cc1. The quantitative estimate of drug-likeness (QED) is 0.941. The van der Waals surface area contributed by atoms with Gasteiger partial charge in [0, 0.05) is 6.61 Å². The van der Waals surface area contributed by atoms with E-state index in [-0.39, 0.29) is 17.2 Å². The predicted octanol–water partition coefficient (Wildman–Crippen LogP) is 3.11. The number of hydrogen-bond acceptors (Lipinski definition) is 4. The molecule has 0 aliphatic carbocycles. The molecular weight excluding hydrogens is 294 g/mol. The summed E-state index contributed by atoms with van der Waals surface area (Å²) in [6, 6.07) is 7.96. The second-order valence-corrected chi connectivity index (χ2v) is 6.84. The van der Waals surface area contributed by atoms with E-state index in [1.54, 1.807) is 4.68 Å². The first-order chi connectivity index (χ1) is 10.9. The first kappa shape index (κ1) is 15.7. The van der Waals surface area contributed by atoms with Gasteiger partial charge in [0.25, 0.3) is 0 Å². The third-order valence-electron chi connectivity index (χ3n) is 4.12. The molecule has 1 atom stereocenters. The third kappa shape index (κ3) is 2.99. The highest BCUT2D eigenvalue weighted by molar-refractivity contribution is 5.86. The maximum Gasteiger partial charge on any atom is 0.358 e. The monoisotopic (exact) mass is 315 g/mol. The first-order valence-corrected chi connectivity index (χ1v) is 7.79. The third-order valence-corrected chi connectivity index (χ3v) is 4.12. The van der Waals surface area contributed by atoms with Gasteiger partial charge in [-0.1, -0.05) is 38.1 Å². The van der Waals surface area contributed by atoms with Crippen LogP contribution in [0.5, 0.6) is 0 Å². The Labute approximate surface area is 135 Å². The molecule has 0 spiro atoms. The fraction of sp³-hybridized carbons (Fsp3) is 0.471. The zero-order chi connectivity index (χ0) is 16.6. The lowest BCUT2D eigenvalue weighted by Gasteiger charge is -2.19. The van der Waals surface area contributed by atoms with Crippen molar-refractivity contribution in [3.05, 3.63) is 41.2 Å². The molecular formula is C17H21N3O3. The van der Waals surface area contributed by atoms with Crippen LogP contribution in [0.4, 0.5) is 0 Å². The van der Waals surface area contributed by atoms with Crippen molar-refractivity contribution in [3.63, 3.8) is 0 Å². The van der Waals surface area contributed by atoms with E-state index in [2.05, 4.69) is 31.1 Å². The first-order valence-electron chi connectivity index (χ1n) is 7.79. The molecule has 0 amide bonds. The van der Waals surface area contributed by atoms with Gasteiger partial charge in [0.1, 0.15) is 11.8 Å². The molecule has 1 N–H and O–H groups in total. The molecule has 1 aliphatic rings. The summed E-state index contributed by atoms with van der Waals surface area (Å²) in [6.45, 7) is 7.09. The highest BCUT2D eigenvalue weighted by atomic mass is 16.5. The fourth-order valence-electron chi connectivity index (χ4n) is 2.82. The Morgan fingerprint density at radius 2 is 2.00 bits per heavy atom. The van der Waals surface area contributed by atoms with Crippen LogP contribution in [-0.2, 0) is 10.2 Å². The Morgan fingerprint density at radius 3 is 2.52 bits per heavy atom. The lowest BCUT2D eigenvalue weighted by atomic mass is 9.87. The van der Waals surface area contributed by atoms with E-state index in [0.29, 0.717) is 12.3 Å². The maximum atomic E-state index is 11.4. The number of aromatic nitrogens is 3. The van der Waals surface area contributed by atoms with Crippen molar-refractivity contribution in [1.82, 2.24) is 15.0 Å². The number of carboxylic acids is 1. The molecule has 2 heterocycles. The lowest BCUT2D eigenvalue weighted by Crippen LogP contribution is -2.13. The lowest BCUT2D eigenvalue weighted by molar-refractivity contribution is 0.0673. The molecule has 0 radical (unpaired) electrons. The molecule has 6 nitrogen and oxygen atoms in total. The second-order valence-electron chi connectivity index (χ2n) is 6.84. The van der Waals surface area contributed by atoms with Crippen LogP contribution in [0.15, 0.2) is 24.3 Å². The number of benzene rings is 1. The molecule has 122 valence electrons. The van der Waals surface area contributed by atoms with Crippen LogP contribution in [0.3, 0.4) is 0 Å². The van der Waals surface area contributed by atoms with Crippen LogP contribution in [0.1, 0.15) is 61.5 Å². The van der Waals surface area contributed by atoms with E-state index in [9.17, 15) is 9.90 Å². The Balaban J connectivity index is 2.04. The van der Waals surface area contributed by atoms with Crippen molar-refractivity contribution in [2.75, 3.05) is 6.61 Å². The van der Waals surface area contributed by atoms with Crippen molar-refractivity contribution in [1.29, 1.82) is 0 Å². The molecule has 1 unspecified atom stereocenters. The van der Waals surface area contributed by atoms with Crippen LogP contribution >= 0.6 is 0 Å².